The highest BCUT2D eigenvalue weighted by Gasteiger charge is 2.30. The molecular weight excluding hydrogens is 254 g/mol. The molecule has 1 fully saturated rings. The first-order chi connectivity index (χ1) is 9.74. The van der Waals surface area contributed by atoms with Gasteiger partial charge in [0.2, 0.25) is 5.91 Å². The predicted molar refractivity (Wildman–Crippen MR) is 75.3 cm³/mol. The lowest BCUT2D eigenvalue weighted by molar-refractivity contribution is -0.120. The molecule has 6 heteroatoms. The fourth-order valence-electron chi connectivity index (χ4n) is 2.56. The number of anilines is 1. The van der Waals surface area contributed by atoms with Crippen LogP contribution in [0.4, 0.5) is 5.69 Å². The SMILES string of the molecule is NC1CCCC1C(=O)Nc1ccc(-n2ccnc2)nc1. The Labute approximate surface area is 117 Å². The number of nitrogens with one attached hydrogen (secondary N) is 1. The van der Waals surface area contributed by atoms with E-state index in [1.54, 1.807) is 23.3 Å². The molecular formula is C14H17N5O. The quantitative estimate of drug-likeness (QED) is 0.882. The Morgan fingerprint density at radius 3 is 2.90 bits per heavy atom. The third-order valence-corrected chi connectivity index (χ3v) is 3.69. The number of pyridine rings is 1. The van der Waals surface area contributed by atoms with Crippen molar-refractivity contribution in [1.29, 1.82) is 0 Å². The first kappa shape index (κ1) is 12.8. The Hall–Kier alpha value is -2.21. The number of nitrogens with two attached hydrogens (primary N) is 1. The maximum Gasteiger partial charge on any atom is 0.229 e. The largest absolute Gasteiger partial charge is 0.327 e. The molecule has 2 unspecified atom stereocenters. The first-order valence-corrected chi connectivity index (χ1v) is 6.75. The summed E-state index contributed by atoms with van der Waals surface area (Å²) < 4.78 is 1.80. The van der Waals surface area contributed by atoms with Crippen LogP contribution in [-0.2, 0) is 4.79 Å². The lowest BCUT2D eigenvalue weighted by Crippen LogP contribution is -2.34. The Bertz CT molecular complexity index is 578. The van der Waals surface area contributed by atoms with Crippen LogP contribution in [0.3, 0.4) is 0 Å². The van der Waals surface area contributed by atoms with Gasteiger partial charge >= 0.3 is 0 Å². The fraction of sp³-hybridized carbons (Fsp3) is 0.357. The molecule has 1 aliphatic rings. The minimum Gasteiger partial charge on any atom is -0.327 e. The van der Waals surface area contributed by atoms with Gasteiger partial charge in [0.1, 0.15) is 12.1 Å². The van der Waals surface area contributed by atoms with E-state index in [2.05, 4.69) is 15.3 Å². The van der Waals surface area contributed by atoms with Gasteiger partial charge in [-0.2, -0.15) is 0 Å². The van der Waals surface area contributed by atoms with E-state index >= 15 is 0 Å². The van der Waals surface area contributed by atoms with E-state index in [0.717, 1.165) is 25.1 Å². The summed E-state index contributed by atoms with van der Waals surface area (Å²) in [5, 5.41) is 2.88. The Morgan fingerprint density at radius 2 is 2.30 bits per heavy atom. The van der Waals surface area contributed by atoms with Crippen LogP contribution in [0.2, 0.25) is 0 Å². The zero-order chi connectivity index (χ0) is 13.9. The second kappa shape index (κ2) is 5.42. The third kappa shape index (κ3) is 2.55. The number of rotatable bonds is 3. The van der Waals surface area contributed by atoms with Crippen LogP contribution in [0.5, 0.6) is 0 Å². The molecule has 2 aromatic rings. The van der Waals surface area contributed by atoms with Gasteiger partial charge < -0.3 is 11.1 Å². The molecule has 20 heavy (non-hydrogen) atoms. The van der Waals surface area contributed by atoms with Gasteiger partial charge in [-0.1, -0.05) is 6.42 Å². The summed E-state index contributed by atoms with van der Waals surface area (Å²) in [6.07, 6.45) is 9.66. The molecule has 0 aromatic carbocycles. The fourth-order valence-corrected chi connectivity index (χ4v) is 2.56. The van der Waals surface area contributed by atoms with Gasteiger partial charge in [0.05, 0.1) is 17.8 Å². The molecule has 6 nitrogen and oxygen atoms in total. The van der Waals surface area contributed by atoms with E-state index < -0.39 is 0 Å². The normalized spacial score (nSPS) is 21.9. The zero-order valence-corrected chi connectivity index (χ0v) is 11.1. The maximum atomic E-state index is 12.1. The van der Waals surface area contributed by atoms with E-state index in [1.165, 1.54) is 0 Å². The molecule has 2 atom stereocenters. The number of nitrogens with zero attached hydrogens (tertiary/aromatic N) is 3. The minimum absolute atomic E-state index is 0.00724. The maximum absolute atomic E-state index is 12.1. The van der Waals surface area contributed by atoms with Crippen LogP contribution in [0.15, 0.2) is 37.1 Å². The van der Waals surface area contributed by atoms with Crippen molar-refractivity contribution in [3.8, 4) is 5.82 Å². The van der Waals surface area contributed by atoms with Crippen molar-refractivity contribution in [1.82, 2.24) is 14.5 Å². The second-order valence-corrected chi connectivity index (χ2v) is 5.07. The molecule has 2 aromatic heterocycles. The molecule has 0 bridgehead atoms. The van der Waals surface area contributed by atoms with E-state index in [4.69, 9.17) is 5.73 Å². The highest BCUT2D eigenvalue weighted by molar-refractivity contribution is 5.93. The minimum atomic E-state index is -0.0803. The summed E-state index contributed by atoms with van der Waals surface area (Å²) in [6, 6.07) is 3.65. The van der Waals surface area contributed by atoms with Crippen molar-refractivity contribution in [2.24, 2.45) is 11.7 Å². The van der Waals surface area contributed by atoms with Crippen molar-refractivity contribution in [3.63, 3.8) is 0 Å². The number of hydrogen-bond donors (Lipinski definition) is 2. The van der Waals surface area contributed by atoms with Gasteiger partial charge in [0.15, 0.2) is 0 Å². The molecule has 1 amide bonds. The molecule has 2 heterocycles. The highest BCUT2D eigenvalue weighted by Crippen LogP contribution is 2.25. The Kier molecular flexibility index (Phi) is 3.47. The summed E-state index contributed by atoms with van der Waals surface area (Å²) in [5.41, 5.74) is 6.63. The summed E-state index contributed by atoms with van der Waals surface area (Å²) in [6.45, 7) is 0. The highest BCUT2D eigenvalue weighted by atomic mass is 16.1. The monoisotopic (exact) mass is 271 g/mol. The van der Waals surface area contributed by atoms with E-state index in [-0.39, 0.29) is 17.9 Å². The van der Waals surface area contributed by atoms with Crippen molar-refractivity contribution in [3.05, 3.63) is 37.1 Å². The van der Waals surface area contributed by atoms with Crippen molar-refractivity contribution in [2.75, 3.05) is 5.32 Å². The van der Waals surface area contributed by atoms with Gasteiger partial charge in [0.25, 0.3) is 0 Å². The van der Waals surface area contributed by atoms with Gasteiger partial charge in [-0.15, -0.1) is 0 Å². The smallest absolute Gasteiger partial charge is 0.229 e. The van der Waals surface area contributed by atoms with Crippen LogP contribution >= 0.6 is 0 Å². The van der Waals surface area contributed by atoms with Crippen LogP contribution < -0.4 is 11.1 Å². The van der Waals surface area contributed by atoms with Crippen LogP contribution in [0, 0.1) is 5.92 Å². The van der Waals surface area contributed by atoms with Gasteiger partial charge in [0, 0.05) is 18.4 Å². The molecule has 0 radical (unpaired) electrons. The first-order valence-electron chi connectivity index (χ1n) is 6.75. The van der Waals surface area contributed by atoms with Crippen molar-refractivity contribution < 1.29 is 4.79 Å². The zero-order valence-electron chi connectivity index (χ0n) is 11.1. The van der Waals surface area contributed by atoms with E-state index in [1.807, 2.05) is 18.3 Å². The van der Waals surface area contributed by atoms with Crippen LogP contribution in [-0.4, -0.2) is 26.5 Å². The number of amides is 1. The second-order valence-electron chi connectivity index (χ2n) is 5.07. The molecule has 0 spiro atoms. The average Bonchev–Trinajstić information content (AvgIpc) is 3.10. The van der Waals surface area contributed by atoms with E-state index in [0.29, 0.717) is 5.69 Å². The van der Waals surface area contributed by atoms with Crippen molar-refractivity contribution in [2.45, 2.75) is 25.3 Å². The van der Waals surface area contributed by atoms with Gasteiger partial charge in [-0.25, -0.2) is 9.97 Å². The topological polar surface area (TPSA) is 85.8 Å². The molecule has 1 saturated carbocycles. The van der Waals surface area contributed by atoms with E-state index in [9.17, 15) is 4.79 Å². The third-order valence-electron chi connectivity index (χ3n) is 3.69. The summed E-state index contributed by atoms with van der Waals surface area (Å²) in [4.78, 5) is 20.4. The molecule has 0 aliphatic heterocycles. The standard InChI is InChI=1S/C14H17N5O/c15-12-3-1-2-11(12)14(20)18-10-4-5-13(17-8-10)19-7-6-16-9-19/h4-9,11-12H,1-3,15H2,(H,18,20). The summed E-state index contributed by atoms with van der Waals surface area (Å²) in [7, 11) is 0. The molecule has 3 N–H and O–H groups in total. The Morgan fingerprint density at radius 1 is 1.40 bits per heavy atom. The molecule has 104 valence electrons. The summed E-state index contributed by atoms with van der Waals surface area (Å²) >= 11 is 0. The van der Waals surface area contributed by atoms with Crippen LogP contribution in [0.25, 0.3) is 5.82 Å². The van der Waals surface area contributed by atoms with Crippen molar-refractivity contribution >= 4 is 11.6 Å². The molecule has 0 saturated heterocycles. The predicted octanol–water partition coefficient (Wildman–Crippen LogP) is 1.33. The number of aromatic nitrogens is 3. The molecule has 1 aliphatic carbocycles. The van der Waals surface area contributed by atoms with Gasteiger partial charge in [-0.05, 0) is 25.0 Å². The van der Waals surface area contributed by atoms with Gasteiger partial charge in [-0.3, -0.25) is 9.36 Å². The Balaban J connectivity index is 1.68. The number of carbonyl (C=O) groups excluding carboxylic acids is 1. The summed E-state index contributed by atoms with van der Waals surface area (Å²) in [5.74, 6) is 0.675. The number of carbonyl (C=O) groups is 1. The number of imidazole rings is 1. The lowest BCUT2D eigenvalue weighted by atomic mass is 10.0. The molecule has 3 rings (SSSR count). The lowest BCUT2D eigenvalue weighted by Gasteiger charge is -2.15. The van der Waals surface area contributed by atoms with Crippen LogP contribution in [0.1, 0.15) is 19.3 Å². The number of hydrogen-bond acceptors (Lipinski definition) is 4. The average molecular weight is 271 g/mol.